The second kappa shape index (κ2) is 4.74. The molecular formula is C12H7N3O4S. The third-order valence-electron chi connectivity index (χ3n) is 2.53. The average molecular weight is 289 g/mol. The zero-order chi connectivity index (χ0) is 14.1. The number of rotatable bonds is 3. The first-order valence-electron chi connectivity index (χ1n) is 5.53. The van der Waals surface area contributed by atoms with E-state index in [-0.39, 0.29) is 11.4 Å². The lowest BCUT2D eigenvalue weighted by atomic mass is 10.3. The highest BCUT2D eigenvalue weighted by Crippen LogP contribution is 2.18. The molecule has 3 rings (SSSR count). The van der Waals surface area contributed by atoms with E-state index in [1.165, 1.54) is 35.6 Å². The first-order valence-corrected chi connectivity index (χ1v) is 6.41. The van der Waals surface area contributed by atoms with Crippen molar-refractivity contribution >= 4 is 39.6 Å². The molecule has 100 valence electrons. The molecule has 0 aliphatic rings. The number of aromatic amines is 1. The molecule has 20 heavy (non-hydrogen) atoms. The maximum Gasteiger partial charge on any atom is 0.433 e. The maximum atomic E-state index is 11.7. The van der Waals surface area contributed by atoms with Gasteiger partial charge in [0.15, 0.2) is 0 Å². The fourth-order valence-corrected chi connectivity index (χ4v) is 2.39. The van der Waals surface area contributed by atoms with Crippen LogP contribution in [0.4, 0.5) is 5.88 Å². The molecule has 0 amide bonds. The predicted molar refractivity (Wildman–Crippen MR) is 74.5 cm³/mol. The highest BCUT2D eigenvalue weighted by Gasteiger charge is 2.10. The zero-order valence-electron chi connectivity index (χ0n) is 9.90. The molecule has 0 unspecified atom stereocenters. The number of hydrogen-bond acceptors (Lipinski definition) is 6. The summed E-state index contributed by atoms with van der Waals surface area (Å²) in [7, 11) is 0. The van der Waals surface area contributed by atoms with Crippen LogP contribution in [0.25, 0.3) is 22.4 Å². The van der Waals surface area contributed by atoms with Gasteiger partial charge in [0.1, 0.15) is 21.2 Å². The van der Waals surface area contributed by atoms with Crippen molar-refractivity contribution in [3.63, 3.8) is 0 Å². The molecule has 1 N–H and O–H groups in total. The largest absolute Gasteiger partial charge is 0.433 e. The van der Waals surface area contributed by atoms with Gasteiger partial charge in [-0.05, 0) is 29.7 Å². The molecule has 0 aromatic carbocycles. The van der Waals surface area contributed by atoms with Gasteiger partial charge in [-0.15, -0.1) is 11.3 Å². The van der Waals surface area contributed by atoms with Gasteiger partial charge in [0, 0.05) is 0 Å². The smallest absolute Gasteiger partial charge is 0.401 e. The Bertz CT molecular complexity index is 874. The van der Waals surface area contributed by atoms with E-state index in [1.54, 1.807) is 11.4 Å². The van der Waals surface area contributed by atoms with E-state index in [1.807, 2.05) is 0 Å². The number of thiophene rings is 1. The van der Waals surface area contributed by atoms with Crippen LogP contribution in [-0.2, 0) is 0 Å². The number of hydrogen-bond donors (Lipinski definition) is 1. The van der Waals surface area contributed by atoms with Crippen molar-refractivity contribution in [2.75, 3.05) is 0 Å². The van der Waals surface area contributed by atoms with Crippen LogP contribution in [0.3, 0.4) is 0 Å². The minimum atomic E-state index is -0.616. The Morgan fingerprint density at radius 3 is 2.95 bits per heavy atom. The lowest BCUT2D eigenvalue weighted by Gasteiger charge is -1.93. The van der Waals surface area contributed by atoms with Crippen molar-refractivity contribution in [2.45, 2.75) is 0 Å². The minimum absolute atomic E-state index is 0.213. The number of aromatic nitrogens is 2. The molecule has 7 nitrogen and oxygen atoms in total. The summed E-state index contributed by atoms with van der Waals surface area (Å²) in [6.45, 7) is 0. The fourth-order valence-electron chi connectivity index (χ4n) is 1.66. The number of furan rings is 1. The monoisotopic (exact) mass is 289 g/mol. The van der Waals surface area contributed by atoms with E-state index in [0.29, 0.717) is 21.8 Å². The van der Waals surface area contributed by atoms with Crippen LogP contribution in [0, 0.1) is 10.1 Å². The topological polar surface area (TPSA) is 102 Å². The third kappa shape index (κ3) is 2.24. The van der Waals surface area contributed by atoms with Crippen molar-refractivity contribution in [1.29, 1.82) is 0 Å². The highest BCUT2D eigenvalue weighted by molar-refractivity contribution is 7.17. The Balaban J connectivity index is 1.93. The SMILES string of the molecule is O=c1[nH]c(/C=C/c2ccc([N+](=O)[O-])o2)nc2ccsc12. The van der Waals surface area contributed by atoms with Crippen LogP contribution in [0.1, 0.15) is 11.6 Å². The van der Waals surface area contributed by atoms with Crippen molar-refractivity contribution in [3.8, 4) is 0 Å². The maximum absolute atomic E-state index is 11.7. The molecule has 0 radical (unpaired) electrons. The third-order valence-corrected chi connectivity index (χ3v) is 3.43. The minimum Gasteiger partial charge on any atom is -0.401 e. The molecule has 0 bridgehead atoms. The quantitative estimate of drug-likeness (QED) is 0.590. The first-order chi connectivity index (χ1) is 9.63. The lowest BCUT2D eigenvalue weighted by molar-refractivity contribution is -0.402. The molecule has 3 aromatic rings. The van der Waals surface area contributed by atoms with Crippen molar-refractivity contribution < 1.29 is 9.34 Å². The Kier molecular flexibility index (Phi) is 2.92. The second-order valence-electron chi connectivity index (χ2n) is 3.85. The predicted octanol–water partition coefficient (Wildman–Crippen LogP) is 2.66. The van der Waals surface area contributed by atoms with E-state index in [9.17, 15) is 14.9 Å². The van der Waals surface area contributed by atoms with Gasteiger partial charge in [-0.1, -0.05) is 0 Å². The van der Waals surface area contributed by atoms with Crippen molar-refractivity contribution in [1.82, 2.24) is 9.97 Å². The molecular weight excluding hydrogens is 282 g/mol. The summed E-state index contributed by atoms with van der Waals surface area (Å²) in [6, 6.07) is 4.48. The molecule has 0 aliphatic carbocycles. The molecule has 3 aromatic heterocycles. The molecule has 0 spiro atoms. The highest BCUT2D eigenvalue weighted by atomic mass is 32.1. The Morgan fingerprint density at radius 1 is 1.35 bits per heavy atom. The first kappa shape index (κ1) is 12.3. The average Bonchev–Trinajstić information content (AvgIpc) is 3.05. The lowest BCUT2D eigenvalue weighted by Crippen LogP contribution is -2.07. The molecule has 0 atom stereocenters. The normalized spacial score (nSPS) is 11.4. The Labute approximate surface area is 115 Å². The molecule has 3 heterocycles. The van der Waals surface area contributed by atoms with Crippen LogP contribution < -0.4 is 5.56 Å². The van der Waals surface area contributed by atoms with Gasteiger partial charge in [-0.25, -0.2) is 4.98 Å². The van der Waals surface area contributed by atoms with Gasteiger partial charge in [-0.3, -0.25) is 14.9 Å². The number of fused-ring (bicyclic) bond motifs is 1. The summed E-state index contributed by atoms with van der Waals surface area (Å²) in [5.74, 6) is 0.337. The number of nitrogens with one attached hydrogen (secondary N) is 1. The zero-order valence-corrected chi connectivity index (χ0v) is 10.7. The van der Waals surface area contributed by atoms with Crippen LogP contribution in [0.5, 0.6) is 0 Å². The molecule has 0 saturated carbocycles. The molecule has 0 saturated heterocycles. The number of H-pyrrole nitrogens is 1. The van der Waals surface area contributed by atoms with Crippen molar-refractivity contribution in [2.24, 2.45) is 0 Å². The standard InChI is InChI=1S/C12H7N3O4S/c16-12-11-8(5-6-20-11)13-9(14-12)3-1-7-2-4-10(19-7)15(17)18/h1-6H,(H,13,14,16)/b3-1+. The molecule has 0 fully saturated rings. The van der Waals surface area contributed by atoms with E-state index < -0.39 is 4.92 Å². The van der Waals surface area contributed by atoms with Gasteiger partial charge < -0.3 is 9.40 Å². The Morgan fingerprint density at radius 2 is 2.20 bits per heavy atom. The molecule has 0 aliphatic heterocycles. The van der Waals surface area contributed by atoms with E-state index >= 15 is 0 Å². The van der Waals surface area contributed by atoms with Gasteiger partial charge in [0.2, 0.25) is 0 Å². The molecule has 8 heteroatoms. The van der Waals surface area contributed by atoms with Gasteiger partial charge in [0.05, 0.1) is 11.6 Å². The van der Waals surface area contributed by atoms with Crippen LogP contribution in [-0.4, -0.2) is 14.9 Å². The van der Waals surface area contributed by atoms with E-state index in [2.05, 4.69) is 9.97 Å². The van der Waals surface area contributed by atoms with Crippen molar-refractivity contribution in [3.05, 3.63) is 55.6 Å². The fraction of sp³-hybridized carbons (Fsp3) is 0. The number of nitrogens with zero attached hydrogens (tertiary/aromatic N) is 2. The Hall–Kier alpha value is -2.74. The summed E-state index contributed by atoms with van der Waals surface area (Å²) in [4.78, 5) is 28.5. The van der Waals surface area contributed by atoms with Gasteiger partial charge >= 0.3 is 5.88 Å². The second-order valence-corrected chi connectivity index (χ2v) is 4.77. The summed E-state index contributed by atoms with van der Waals surface area (Å²) in [5, 5.41) is 12.3. The summed E-state index contributed by atoms with van der Waals surface area (Å²) >= 11 is 1.32. The van der Waals surface area contributed by atoms with Crippen LogP contribution in [0.2, 0.25) is 0 Å². The van der Waals surface area contributed by atoms with Gasteiger partial charge in [-0.2, -0.15) is 0 Å². The van der Waals surface area contributed by atoms with Crippen LogP contribution >= 0.6 is 11.3 Å². The van der Waals surface area contributed by atoms with E-state index in [4.69, 9.17) is 4.42 Å². The van der Waals surface area contributed by atoms with Gasteiger partial charge in [0.25, 0.3) is 5.56 Å². The van der Waals surface area contributed by atoms with Crippen LogP contribution in [0.15, 0.2) is 32.8 Å². The summed E-state index contributed by atoms with van der Waals surface area (Å²) in [5.41, 5.74) is 0.402. The number of nitro groups is 1. The van der Waals surface area contributed by atoms with E-state index in [0.717, 1.165) is 0 Å². The summed E-state index contributed by atoms with van der Waals surface area (Å²) < 4.78 is 5.53. The summed E-state index contributed by atoms with van der Waals surface area (Å²) in [6.07, 6.45) is 3.03.